The summed E-state index contributed by atoms with van der Waals surface area (Å²) in [7, 11) is 0. The topological polar surface area (TPSA) is 92.8 Å². The van der Waals surface area contributed by atoms with Crippen LogP contribution in [0.15, 0.2) is 24.3 Å². The molecule has 1 aliphatic rings. The average molecular weight is 346 g/mol. The van der Waals surface area contributed by atoms with E-state index in [0.29, 0.717) is 16.9 Å². The zero-order chi connectivity index (χ0) is 18.0. The molecule has 2 heterocycles. The second kappa shape index (κ2) is 6.94. The monoisotopic (exact) mass is 346 g/mol. The Morgan fingerprint density at radius 2 is 2.04 bits per heavy atom. The van der Waals surface area contributed by atoms with Crippen molar-refractivity contribution in [2.45, 2.75) is 33.6 Å². The van der Waals surface area contributed by atoms with Crippen LogP contribution in [0.1, 0.15) is 22.5 Å². The van der Waals surface area contributed by atoms with Crippen molar-refractivity contribution in [2.24, 2.45) is 0 Å². The van der Waals surface area contributed by atoms with Gasteiger partial charge in [0.2, 0.25) is 0 Å². The van der Waals surface area contributed by atoms with Crippen molar-refractivity contribution < 1.29 is 23.9 Å². The van der Waals surface area contributed by atoms with Crippen molar-refractivity contribution in [1.29, 1.82) is 0 Å². The van der Waals surface area contributed by atoms with Gasteiger partial charge in [-0.05, 0) is 26.0 Å². The maximum Gasteiger partial charge on any atom is 0.326 e. The zero-order valence-corrected chi connectivity index (χ0v) is 14.0. The molecule has 0 aliphatic carbocycles. The van der Waals surface area contributed by atoms with E-state index in [1.165, 1.54) is 12.1 Å². The Hall–Kier alpha value is -2.87. The number of carbonyl (C=O) groups is 1. The summed E-state index contributed by atoms with van der Waals surface area (Å²) in [4.78, 5) is 22.7. The normalized spacial score (nSPS) is 13.0. The van der Waals surface area contributed by atoms with E-state index < -0.39 is 10.9 Å². The second-order valence-electron chi connectivity index (χ2n) is 5.82. The Morgan fingerprint density at radius 1 is 1.32 bits per heavy atom. The lowest BCUT2D eigenvalue weighted by Crippen LogP contribution is -2.17. The highest BCUT2D eigenvalue weighted by atomic mass is 16.7. The first-order valence-corrected chi connectivity index (χ1v) is 7.75. The lowest BCUT2D eigenvalue weighted by molar-refractivity contribution is -0.385. The number of ether oxygens (including phenoxy) is 3. The Bertz CT molecular complexity index is 807. The summed E-state index contributed by atoms with van der Waals surface area (Å²) in [6, 6.07) is 6.62. The number of hydrogen-bond donors (Lipinski definition) is 0. The number of rotatable bonds is 5. The highest BCUT2D eigenvalue weighted by Crippen LogP contribution is 2.33. The molecular formula is C17H18N2O6. The molecule has 0 amide bonds. The molecule has 0 fully saturated rings. The lowest BCUT2D eigenvalue weighted by atomic mass is 10.1. The quantitative estimate of drug-likeness (QED) is 0.469. The van der Waals surface area contributed by atoms with Crippen molar-refractivity contribution in [1.82, 2.24) is 4.57 Å². The number of fused-ring (bicyclic) bond motifs is 1. The molecule has 0 atom stereocenters. The number of aromatic nitrogens is 1. The van der Waals surface area contributed by atoms with Crippen molar-refractivity contribution in [3.63, 3.8) is 0 Å². The van der Waals surface area contributed by atoms with Crippen molar-refractivity contribution >= 4 is 11.7 Å². The number of nitro groups is 1. The molecule has 1 aromatic heterocycles. The van der Waals surface area contributed by atoms with E-state index in [-0.39, 0.29) is 32.2 Å². The largest absolute Gasteiger partial charge is 0.467 e. The van der Waals surface area contributed by atoms with Gasteiger partial charge in [0.05, 0.1) is 11.5 Å². The van der Waals surface area contributed by atoms with Gasteiger partial charge in [0.25, 0.3) is 5.69 Å². The van der Waals surface area contributed by atoms with E-state index in [1.54, 1.807) is 0 Å². The van der Waals surface area contributed by atoms with Gasteiger partial charge in [0.1, 0.15) is 18.9 Å². The van der Waals surface area contributed by atoms with Gasteiger partial charge in [0.15, 0.2) is 6.79 Å². The summed E-state index contributed by atoms with van der Waals surface area (Å²) in [6.07, 6.45) is 0. The smallest absolute Gasteiger partial charge is 0.326 e. The minimum atomic E-state index is -0.493. The van der Waals surface area contributed by atoms with Gasteiger partial charge in [-0.3, -0.25) is 14.9 Å². The summed E-state index contributed by atoms with van der Waals surface area (Å²) in [5.74, 6) is 0.0627. The zero-order valence-electron chi connectivity index (χ0n) is 14.0. The summed E-state index contributed by atoms with van der Waals surface area (Å²) in [5, 5.41) is 11.1. The standard InChI is InChI=1S/C17H18N2O6/c1-11-3-4-12(2)18(11)7-16(20)24-9-14-6-15(19(21)22)5-13-8-23-10-25-17(13)14/h3-6H,7-10H2,1-2H3. The maximum atomic E-state index is 12.1. The number of aryl methyl sites for hydroxylation is 2. The molecule has 0 saturated heterocycles. The van der Waals surface area contributed by atoms with Crippen LogP contribution in [-0.2, 0) is 34.0 Å². The van der Waals surface area contributed by atoms with Gasteiger partial charge in [-0.25, -0.2) is 0 Å². The number of nitro benzene ring substituents is 1. The third kappa shape index (κ3) is 3.63. The number of carbonyl (C=O) groups excluding carboxylic acids is 1. The summed E-state index contributed by atoms with van der Waals surface area (Å²) in [6.45, 7) is 4.09. The fourth-order valence-corrected chi connectivity index (χ4v) is 2.78. The third-order valence-corrected chi connectivity index (χ3v) is 4.08. The molecule has 8 nitrogen and oxygen atoms in total. The lowest BCUT2D eigenvalue weighted by Gasteiger charge is -2.20. The highest BCUT2D eigenvalue weighted by molar-refractivity contribution is 5.69. The van der Waals surface area contributed by atoms with E-state index in [0.717, 1.165) is 11.4 Å². The van der Waals surface area contributed by atoms with Gasteiger partial charge in [-0.15, -0.1) is 0 Å². The summed E-state index contributed by atoms with van der Waals surface area (Å²) >= 11 is 0. The van der Waals surface area contributed by atoms with E-state index >= 15 is 0 Å². The fraction of sp³-hybridized carbons (Fsp3) is 0.353. The Labute approximate surface area is 144 Å². The minimum absolute atomic E-state index is 0.0630. The first-order valence-electron chi connectivity index (χ1n) is 7.75. The van der Waals surface area contributed by atoms with Crippen LogP contribution in [0, 0.1) is 24.0 Å². The van der Waals surface area contributed by atoms with Gasteiger partial charge >= 0.3 is 5.97 Å². The first-order chi connectivity index (χ1) is 12.0. The third-order valence-electron chi connectivity index (χ3n) is 4.08. The highest BCUT2D eigenvalue weighted by Gasteiger charge is 2.22. The molecule has 0 spiro atoms. The molecule has 25 heavy (non-hydrogen) atoms. The van der Waals surface area contributed by atoms with Crippen LogP contribution in [0.4, 0.5) is 5.69 Å². The first kappa shape index (κ1) is 17.0. The van der Waals surface area contributed by atoms with E-state index in [1.807, 2.05) is 30.5 Å². The molecule has 2 aromatic rings. The molecule has 1 aliphatic heterocycles. The number of non-ortho nitro benzene ring substituents is 1. The number of benzene rings is 1. The average Bonchev–Trinajstić information content (AvgIpc) is 2.91. The van der Waals surface area contributed by atoms with Gasteiger partial charge in [-0.2, -0.15) is 0 Å². The van der Waals surface area contributed by atoms with Gasteiger partial charge in [-0.1, -0.05) is 0 Å². The fourth-order valence-electron chi connectivity index (χ4n) is 2.78. The number of nitrogens with zero attached hydrogens (tertiary/aromatic N) is 2. The van der Waals surface area contributed by atoms with E-state index in [2.05, 4.69) is 0 Å². The van der Waals surface area contributed by atoms with Crippen LogP contribution < -0.4 is 4.74 Å². The van der Waals surface area contributed by atoms with Crippen molar-refractivity contribution in [2.75, 3.05) is 6.79 Å². The molecular weight excluding hydrogens is 328 g/mol. The maximum absolute atomic E-state index is 12.1. The van der Waals surface area contributed by atoms with Crippen LogP contribution in [0.3, 0.4) is 0 Å². The summed E-state index contributed by atoms with van der Waals surface area (Å²) in [5.41, 5.74) is 2.87. The molecule has 1 aromatic carbocycles. The van der Waals surface area contributed by atoms with Crippen molar-refractivity contribution in [3.05, 3.63) is 56.9 Å². The van der Waals surface area contributed by atoms with Crippen LogP contribution in [0.2, 0.25) is 0 Å². The Balaban J connectivity index is 1.75. The van der Waals surface area contributed by atoms with Crippen LogP contribution in [0.25, 0.3) is 0 Å². The Morgan fingerprint density at radius 3 is 2.72 bits per heavy atom. The Kier molecular flexibility index (Phi) is 4.71. The predicted octanol–water partition coefficient (Wildman–Crippen LogP) is 2.62. The number of esters is 1. The summed E-state index contributed by atoms with van der Waals surface area (Å²) < 4.78 is 17.7. The molecule has 3 rings (SSSR count). The van der Waals surface area contributed by atoms with E-state index in [9.17, 15) is 14.9 Å². The van der Waals surface area contributed by atoms with Crippen LogP contribution in [-0.4, -0.2) is 22.3 Å². The molecule has 0 bridgehead atoms. The molecule has 8 heteroatoms. The van der Waals surface area contributed by atoms with Gasteiger partial charge in [0, 0.05) is 34.6 Å². The molecule has 0 unspecified atom stereocenters. The second-order valence-corrected chi connectivity index (χ2v) is 5.82. The molecule has 0 N–H and O–H groups in total. The molecule has 0 radical (unpaired) electrons. The van der Waals surface area contributed by atoms with Crippen LogP contribution >= 0.6 is 0 Å². The van der Waals surface area contributed by atoms with Crippen LogP contribution in [0.5, 0.6) is 5.75 Å². The van der Waals surface area contributed by atoms with Crippen molar-refractivity contribution in [3.8, 4) is 5.75 Å². The SMILES string of the molecule is Cc1ccc(C)n1CC(=O)OCc1cc([N+](=O)[O-])cc2c1OCOC2. The minimum Gasteiger partial charge on any atom is -0.467 e. The predicted molar refractivity (Wildman–Crippen MR) is 87.1 cm³/mol. The molecule has 0 saturated carbocycles. The number of hydrogen-bond acceptors (Lipinski definition) is 6. The molecule has 132 valence electrons. The van der Waals surface area contributed by atoms with E-state index in [4.69, 9.17) is 14.2 Å². The van der Waals surface area contributed by atoms with Gasteiger partial charge < -0.3 is 18.8 Å².